The molecule has 24 heavy (non-hydrogen) atoms. The fourth-order valence-electron chi connectivity index (χ4n) is 2.27. The molecule has 3 aromatic rings. The number of nitrogens with zero attached hydrogens (tertiary/aromatic N) is 3. The first-order chi connectivity index (χ1) is 11.7. The molecule has 124 valence electrons. The van der Waals surface area contributed by atoms with Crippen molar-refractivity contribution < 1.29 is 13.7 Å². The highest BCUT2D eigenvalue weighted by molar-refractivity contribution is 7.13. The van der Waals surface area contributed by atoms with Gasteiger partial charge >= 0.3 is 5.76 Å². The zero-order chi connectivity index (χ0) is 16.5. The molecule has 1 amide bonds. The first-order valence-corrected chi connectivity index (χ1v) is 8.45. The van der Waals surface area contributed by atoms with Crippen LogP contribution in [-0.2, 0) is 6.54 Å². The SMILES string of the molecule is O=C(NCCn1nc(-c2cccs2)oc1=O)c1cc(C2CC2)on1. The van der Waals surface area contributed by atoms with Crippen molar-refractivity contribution in [1.82, 2.24) is 20.3 Å². The molecule has 0 aromatic carbocycles. The maximum Gasteiger partial charge on any atom is 0.437 e. The van der Waals surface area contributed by atoms with Crippen molar-refractivity contribution in [2.75, 3.05) is 6.54 Å². The quantitative estimate of drug-likeness (QED) is 0.731. The molecule has 1 saturated carbocycles. The zero-order valence-electron chi connectivity index (χ0n) is 12.6. The Morgan fingerprint density at radius 1 is 1.46 bits per heavy atom. The fraction of sp³-hybridized carbons (Fsp3) is 0.333. The number of carbonyl (C=O) groups excluding carboxylic acids is 1. The van der Waals surface area contributed by atoms with Crippen LogP contribution in [0.3, 0.4) is 0 Å². The number of carbonyl (C=O) groups is 1. The third kappa shape index (κ3) is 3.02. The van der Waals surface area contributed by atoms with E-state index in [0.717, 1.165) is 23.5 Å². The van der Waals surface area contributed by atoms with Crippen LogP contribution in [0.2, 0.25) is 0 Å². The smallest absolute Gasteiger partial charge is 0.387 e. The molecular weight excluding hydrogens is 332 g/mol. The maximum absolute atomic E-state index is 12.0. The highest BCUT2D eigenvalue weighted by Crippen LogP contribution is 2.40. The van der Waals surface area contributed by atoms with E-state index in [9.17, 15) is 9.59 Å². The van der Waals surface area contributed by atoms with E-state index in [1.807, 2.05) is 17.5 Å². The second-order valence-corrected chi connectivity index (χ2v) is 6.47. The Hall–Kier alpha value is -2.68. The number of thiophene rings is 1. The molecule has 3 heterocycles. The maximum atomic E-state index is 12.0. The molecule has 0 bridgehead atoms. The number of nitrogens with one attached hydrogen (secondary N) is 1. The molecule has 3 aromatic heterocycles. The summed E-state index contributed by atoms with van der Waals surface area (Å²) < 4.78 is 11.4. The van der Waals surface area contributed by atoms with Gasteiger partial charge in [-0.1, -0.05) is 11.2 Å². The van der Waals surface area contributed by atoms with E-state index >= 15 is 0 Å². The number of hydrogen-bond acceptors (Lipinski definition) is 7. The minimum atomic E-state index is -0.551. The summed E-state index contributed by atoms with van der Waals surface area (Å²) >= 11 is 1.44. The number of hydrogen-bond donors (Lipinski definition) is 1. The van der Waals surface area contributed by atoms with Crippen LogP contribution in [0.5, 0.6) is 0 Å². The van der Waals surface area contributed by atoms with Crippen molar-refractivity contribution >= 4 is 17.2 Å². The van der Waals surface area contributed by atoms with Gasteiger partial charge in [0.2, 0.25) is 0 Å². The summed E-state index contributed by atoms with van der Waals surface area (Å²) in [5.41, 5.74) is 0.253. The number of aromatic nitrogens is 3. The summed E-state index contributed by atoms with van der Waals surface area (Å²) in [6.07, 6.45) is 2.16. The third-order valence-corrected chi connectivity index (χ3v) is 4.55. The lowest BCUT2D eigenvalue weighted by atomic mass is 10.3. The Labute approximate surface area is 140 Å². The first-order valence-electron chi connectivity index (χ1n) is 7.57. The van der Waals surface area contributed by atoms with E-state index in [-0.39, 0.29) is 30.6 Å². The summed E-state index contributed by atoms with van der Waals surface area (Å²) in [7, 11) is 0. The molecule has 0 radical (unpaired) electrons. The van der Waals surface area contributed by atoms with Crippen molar-refractivity contribution in [3.8, 4) is 10.8 Å². The number of amides is 1. The van der Waals surface area contributed by atoms with Gasteiger partial charge in [-0.3, -0.25) is 4.79 Å². The lowest BCUT2D eigenvalue weighted by molar-refractivity contribution is 0.0942. The van der Waals surface area contributed by atoms with E-state index in [1.54, 1.807) is 6.07 Å². The van der Waals surface area contributed by atoms with Gasteiger partial charge in [-0.25, -0.2) is 4.79 Å². The zero-order valence-corrected chi connectivity index (χ0v) is 13.4. The van der Waals surface area contributed by atoms with Crippen molar-refractivity contribution in [3.63, 3.8) is 0 Å². The first kappa shape index (κ1) is 14.9. The molecule has 0 aliphatic heterocycles. The Balaban J connectivity index is 1.35. The van der Waals surface area contributed by atoms with Crippen LogP contribution in [0.15, 0.2) is 37.3 Å². The fourth-order valence-corrected chi connectivity index (χ4v) is 2.91. The number of rotatable bonds is 6. The summed E-state index contributed by atoms with van der Waals surface area (Å²) in [5, 5.41) is 12.5. The van der Waals surface area contributed by atoms with Gasteiger partial charge in [0.15, 0.2) is 5.69 Å². The normalized spacial score (nSPS) is 14.0. The van der Waals surface area contributed by atoms with Crippen LogP contribution >= 0.6 is 11.3 Å². The molecule has 4 rings (SSSR count). The monoisotopic (exact) mass is 346 g/mol. The molecule has 1 fully saturated rings. The van der Waals surface area contributed by atoms with Gasteiger partial charge < -0.3 is 14.3 Å². The topological polar surface area (TPSA) is 103 Å². The second-order valence-electron chi connectivity index (χ2n) is 5.52. The predicted octanol–water partition coefficient (Wildman–Crippen LogP) is 1.86. The van der Waals surface area contributed by atoms with Gasteiger partial charge in [-0.05, 0) is 24.3 Å². The molecule has 0 atom stereocenters. The van der Waals surface area contributed by atoms with Crippen molar-refractivity contribution in [3.05, 3.63) is 45.6 Å². The van der Waals surface area contributed by atoms with Crippen LogP contribution < -0.4 is 11.1 Å². The standard InChI is InChI=1S/C15H14N4O4S/c20-13(10-8-11(23-18-10)9-3-4-9)16-5-6-19-15(21)22-14(17-19)12-2-1-7-24-12/h1-2,7-9H,3-6H2,(H,16,20). The lowest BCUT2D eigenvalue weighted by Gasteiger charge is -2.01. The van der Waals surface area contributed by atoms with Crippen LogP contribution in [0, 0.1) is 0 Å². The second kappa shape index (κ2) is 6.08. The Morgan fingerprint density at radius 3 is 3.08 bits per heavy atom. The third-order valence-electron chi connectivity index (χ3n) is 3.69. The molecule has 1 aliphatic carbocycles. The van der Waals surface area contributed by atoms with E-state index in [2.05, 4.69) is 15.6 Å². The Bertz CT molecular complexity index is 904. The summed E-state index contributed by atoms with van der Waals surface area (Å²) in [4.78, 5) is 24.6. The van der Waals surface area contributed by atoms with E-state index in [4.69, 9.17) is 8.94 Å². The van der Waals surface area contributed by atoms with Crippen molar-refractivity contribution in [2.45, 2.75) is 25.3 Å². The summed E-state index contributed by atoms with van der Waals surface area (Å²) in [5.74, 6) is 0.564. The lowest BCUT2D eigenvalue weighted by Crippen LogP contribution is -2.30. The van der Waals surface area contributed by atoms with E-state index in [0.29, 0.717) is 5.92 Å². The van der Waals surface area contributed by atoms with Crippen molar-refractivity contribution in [1.29, 1.82) is 0 Å². The Morgan fingerprint density at radius 2 is 2.33 bits per heavy atom. The average molecular weight is 346 g/mol. The molecule has 8 nitrogen and oxygen atoms in total. The van der Waals surface area contributed by atoms with Gasteiger partial charge in [-0.15, -0.1) is 16.4 Å². The minimum Gasteiger partial charge on any atom is -0.387 e. The summed E-state index contributed by atoms with van der Waals surface area (Å²) in [6.45, 7) is 0.452. The molecule has 1 aliphatic rings. The minimum absolute atomic E-state index is 0.215. The van der Waals surface area contributed by atoms with E-state index < -0.39 is 5.76 Å². The van der Waals surface area contributed by atoms with Crippen molar-refractivity contribution in [2.24, 2.45) is 0 Å². The van der Waals surface area contributed by atoms with Crippen LogP contribution in [0.25, 0.3) is 10.8 Å². The molecular formula is C15H14N4O4S. The van der Waals surface area contributed by atoms with Crippen LogP contribution in [0.1, 0.15) is 35.0 Å². The van der Waals surface area contributed by atoms with Gasteiger partial charge in [-0.2, -0.15) is 4.68 Å². The molecule has 1 N–H and O–H groups in total. The largest absolute Gasteiger partial charge is 0.437 e. The van der Waals surface area contributed by atoms with Gasteiger partial charge in [0.05, 0.1) is 11.4 Å². The predicted molar refractivity (Wildman–Crippen MR) is 84.9 cm³/mol. The van der Waals surface area contributed by atoms with E-state index in [1.165, 1.54) is 16.0 Å². The molecule has 0 unspecified atom stereocenters. The Kier molecular flexibility index (Phi) is 3.77. The molecule has 0 saturated heterocycles. The van der Waals surface area contributed by atoms with Crippen LogP contribution in [-0.4, -0.2) is 27.4 Å². The van der Waals surface area contributed by atoms with Gasteiger partial charge in [0, 0.05) is 18.5 Å². The molecule has 9 heteroatoms. The van der Waals surface area contributed by atoms with Gasteiger partial charge in [0.25, 0.3) is 11.8 Å². The van der Waals surface area contributed by atoms with Crippen LogP contribution in [0.4, 0.5) is 0 Å². The average Bonchev–Trinajstić information content (AvgIpc) is 3.01. The summed E-state index contributed by atoms with van der Waals surface area (Å²) in [6, 6.07) is 5.35. The van der Waals surface area contributed by atoms with Gasteiger partial charge in [0.1, 0.15) is 5.76 Å². The highest BCUT2D eigenvalue weighted by Gasteiger charge is 2.28. The molecule has 0 spiro atoms. The highest BCUT2D eigenvalue weighted by atomic mass is 32.1.